The summed E-state index contributed by atoms with van der Waals surface area (Å²) in [6.45, 7) is 0.182. The van der Waals surface area contributed by atoms with Crippen LogP contribution in [0.4, 0.5) is 0 Å². The molecule has 0 bridgehead atoms. The maximum atomic E-state index is 12.6. The van der Waals surface area contributed by atoms with Crippen LogP contribution in [-0.4, -0.2) is 26.0 Å². The average Bonchev–Trinajstić information content (AvgIpc) is 2.85. The molecule has 6 heteroatoms. The minimum atomic E-state index is -0.512. The number of hydrogen-bond donors (Lipinski definition) is 0. The van der Waals surface area contributed by atoms with Gasteiger partial charge in [0.05, 0.1) is 20.5 Å². The zero-order valence-corrected chi connectivity index (χ0v) is 19.0. The third kappa shape index (κ3) is 6.34. The Labute approximate surface area is 197 Å². The molecule has 0 N–H and O–H groups in total. The SMILES string of the molecule is CO/C=C(/C(=O)OC)c1ccccc1COc1cccc(C(=O)/C=C/c2ccccc2Cl)c1. The van der Waals surface area contributed by atoms with E-state index in [1.54, 1.807) is 42.5 Å². The maximum Gasteiger partial charge on any atom is 0.341 e. The van der Waals surface area contributed by atoms with Crippen molar-refractivity contribution in [2.75, 3.05) is 14.2 Å². The molecule has 0 radical (unpaired) electrons. The second-order valence-corrected chi connectivity index (χ2v) is 7.36. The summed E-state index contributed by atoms with van der Waals surface area (Å²) in [7, 11) is 2.78. The summed E-state index contributed by atoms with van der Waals surface area (Å²) in [4.78, 5) is 24.8. The molecule has 168 valence electrons. The Balaban J connectivity index is 1.76. The molecule has 0 atom stereocenters. The van der Waals surface area contributed by atoms with Crippen LogP contribution in [0.3, 0.4) is 0 Å². The molecular weight excluding hydrogens is 440 g/mol. The van der Waals surface area contributed by atoms with Crippen molar-refractivity contribution in [2.45, 2.75) is 6.61 Å². The first kappa shape index (κ1) is 23.8. The number of halogens is 1. The van der Waals surface area contributed by atoms with Crippen LogP contribution in [-0.2, 0) is 20.9 Å². The third-order valence-electron chi connectivity index (χ3n) is 4.78. The molecule has 5 nitrogen and oxygen atoms in total. The van der Waals surface area contributed by atoms with Gasteiger partial charge in [0, 0.05) is 10.6 Å². The van der Waals surface area contributed by atoms with Gasteiger partial charge in [-0.15, -0.1) is 0 Å². The molecule has 0 aliphatic carbocycles. The van der Waals surface area contributed by atoms with Crippen molar-refractivity contribution in [1.82, 2.24) is 0 Å². The van der Waals surface area contributed by atoms with Gasteiger partial charge in [0.15, 0.2) is 5.78 Å². The quantitative estimate of drug-likeness (QED) is 0.169. The summed E-state index contributed by atoms with van der Waals surface area (Å²) in [6.07, 6.45) is 4.51. The van der Waals surface area contributed by atoms with E-state index >= 15 is 0 Å². The summed E-state index contributed by atoms with van der Waals surface area (Å²) in [5, 5.41) is 0.575. The summed E-state index contributed by atoms with van der Waals surface area (Å²) in [6, 6.07) is 21.5. The highest BCUT2D eigenvalue weighted by atomic mass is 35.5. The number of hydrogen-bond acceptors (Lipinski definition) is 5. The smallest absolute Gasteiger partial charge is 0.341 e. The molecule has 3 aromatic rings. The topological polar surface area (TPSA) is 61.8 Å². The molecule has 0 aliphatic rings. The van der Waals surface area contributed by atoms with Gasteiger partial charge < -0.3 is 14.2 Å². The van der Waals surface area contributed by atoms with Crippen LogP contribution in [0.15, 0.2) is 85.1 Å². The number of methoxy groups -OCH3 is 2. The number of carbonyl (C=O) groups is 2. The standard InChI is InChI=1S/C27H23ClO5/c1-31-18-24(27(30)32-2)23-12-5-3-9-21(23)17-33-22-11-7-10-20(16-22)26(29)15-14-19-8-4-6-13-25(19)28/h3-16,18H,17H2,1-2H3/b15-14+,24-18+. The van der Waals surface area contributed by atoms with E-state index < -0.39 is 5.97 Å². The fraction of sp³-hybridized carbons (Fsp3) is 0.111. The molecule has 0 spiro atoms. The maximum absolute atomic E-state index is 12.6. The van der Waals surface area contributed by atoms with Gasteiger partial charge in [-0.1, -0.05) is 66.2 Å². The lowest BCUT2D eigenvalue weighted by Crippen LogP contribution is -2.08. The fourth-order valence-electron chi connectivity index (χ4n) is 3.13. The van der Waals surface area contributed by atoms with Gasteiger partial charge in [0.2, 0.25) is 0 Å². The number of carbonyl (C=O) groups excluding carboxylic acids is 2. The van der Waals surface area contributed by atoms with Crippen LogP contribution in [0.25, 0.3) is 11.6 Å². The van der Waals surface area contributed by atoms with Crippen molar-refractivity contribution < 1.29 is 23.8 Å². The number of ketones is 1. The van der Waals surface area contributed by atoms with Crippen molar-refractivity contribution in [3.8, 4) is 5.75 Å². The first-order valence-electron chi connectivity index (χ1n) is 10.1. The van der Waals surface area contributed by atoms with Gasteiger partial charge in [-0.2, -0.15) is 0 Å². The molecule has 0 fully saturated rings. The summed E-state index contributed by atoms with van der Waals surface area (Å²) >= 11 is 6.14. The second kappa shape index (κ2) is 11.7. The largest absolute Gasteiger partial charge is 0.503 e. The molecule has 0 aromatic heterocycles. The van der Waals surface area contributed by atoms with E-state index in [9.17, 15) is 9.59 Å². The first-order valence-corrected chi connectivity index (χ1v) is 10.5. The second-order valence-electron chi connectivity index (χ2n) is 6.95. The lowest BCUT2D eigenvalue weighted by atomic mass is 10.0. The van der Waals surface area contributed by atoms with Crippen LogP contribution in [0.1, 0.15) is 27.0 Å². The Morgan fingerprint density at radius 2 is 1.70 bits per heavy atom. The van der Waals surface area contributed by atoms with Crippen molar-refractivity contribution in [3.05, 3.63) is 112 Å². The van der Waals surface area contributed by atoms with Gasteiger partial charge in [-0.3, -0.25) is 4.79 Å². The Morgan fingerprint density at radius 1 is 0.939 bits per heavy atom. The van der Waals surface area contributed by atoms with Gasteiger partial charge in [-0.25, -0.2) is 4.79 Å². The zero-order valence-electron chi connectivity index (χ0n) is 18.3. The van der Waals surface area contributed by atoms with E-state index in [0.717, 1.165) is 11.1 Å². The van der Waals surface area contributed by atoms with Crippen molar-refractivity contribution in [2.24, 2.45) is 0 Å². The lowest BCUT2D eigenvalue weighted by molar-refractivity contribution is -0.133. The van der Waals surface area contributed by atoms with Gasteiger partial charge >= 0.3 is 5.97 Å². The monoisotopic (exact) mass is 462 g/mol. The molecule has 0 aliphatic heterocycles. The molecule has 3 aromatic carbocycles. The molecular formula is C27H23ClO5. The molecule has 3 rings (SSSR count). The minimum Gasteiger partial charge on any atom is -0.503 e. The number of allylic oxidation sites excluding steroid dienone is 1. The molecule has 0 saturated carbocycles. The Bertz CT molecular complexity index is 1200. The summed E-state index contributed by atoms with van der Waals surface area (Å²) in [5.41, 5.74) is 2.94. The fourth-order valence-corrected chi connectivity index (χ4v) is 3.33. The van der Waals surface area contributed by atoms with Crippen LogP contribution in [0.2, 0.25) is 5.02 Å². The Morgan fingerprint density at radius 3 is 2.45 bits per heavy atom. The lowest BCUT2D eigenvalue weighted by Gasteiger charge is -2.13. The van der Waals surface area contributed by atoms with Crippen molar-refractivity contribution in [3.63, 3.8) is 0 Å². The van der Waals surface area contributed by atoms with Crippen LogP contribution in [0.5, 0.6) is 5.75 Å². The zero-order chi connectivity index (χ0) is 23.6. The van der Waals surface area contributed by atoms with Crippen LogP contribution < -0.4 is 4.74 Å². The van der Waals surface area contributed by atoms with E-state index in [1.807, 2.05) is 36.4 Å². The predicted octanol–water partition coefficient (Wildman–Crippen LogP) is 5.98. The average molecular weight is 463 g/mol. The Hall–Kier alpha value is -3.83. The summed E-state index contributed by atoms with van der Waals surface area (Å²) < 4.78 is 15.8. The molecule has 0 amide bonds. The molecule has 0 heterocycles. The van der Waals surface area contributed by atoms with Gasteiger partial charge in [0.25, 0.3) is 0 Å². The van der Waals surface area contributed by atoms with Crippen LogP contribution >= 0.6 is 11.6 Å². The van der Waals surface area contributed by atoms with Crippen LogP contribution in [0, 0.1) is 0 Å². The van der Waals surface area contributed by atoms with Gasteiger partial charge in [0.1, 0.15) is 17.9 Å². The number of rotatable bonds is 9. The van der Waals surface area contributed by atoms with E-state index in [1.165, 1.54) is 26.6 Å². The first-order chi connectivity index (χ1) is 16.0. The highest BCUT2D eigenvalue weighted by Gasteiger charge is 2.17. The van der Waals surface area contributed by atoms with Crippen molar-refractivity contribution >= 4 is 35.0 Å². The number of ether oxygens (including phenoxy) is 3. The highest BCUT2D eigenvalue weighted by molar-refractivity contribution is 6.32. The third-order valence-corrected chi connectivity index (χ3v) is 5.13. The highest BCUT2D eigenvalue weighted by Crippen LogP contribution is 2.23. The predicted molar refractivity (Wildman–Crippen MR) is 129 cm³/mol. The van der Waals surface area contributed by atoms with E-state index in [2.05, 4.69) is 0 Å². The molecule has 0 saturated heterocycles. The van der Waals surface area contributed by atoms with E-state index in [0.29, 0.717) is 21.9 Å². The normalized spacial score (nSPS) is 11.3. The molecule has 33 heavy (non-hydrogen) atoms. The van der Waals surface area contributed by atoms with E-state index in [-0.39, 0.29) is 18.0 Å². The number of benzene rings is 3. The number of esters is 1. The minimum absolute atomic E-state index is 0.170. The summed E-state index contributed by atoms with van der Waals surface area (Å²) in [5.74, 6) is -0.156. The van der Waals surface area contributed by atoms with Crippen molar-refractivity contribution in [1.29, 1.82) is 0 Å². The Kier molecular flexibility index (Phi) is 8.44. The van der Waals surface area contributed by atoms with E-state index in [4.69, 9.17) is 25.8 Å². The molecule has 0 unspecified atom stereocenters. The van der Waals surface area contributed by atoms with Gasteiger partial charge in [-0.05, 0) is 47.0 Å².